The Morgan fingerprint density at radius 2 is 2.20 bits per heavy atom. The Morgan fingerprint density at radius 3 is 2.80 bits per heavy atom. The molecule has 0 unspecified atom stereocenters. The van der Waals surface area contributed by atoms with E-state index in [4.69, 9.17) is 4.52 Å². The van der Waals surface area contributed by atoms with Crippen molar-refractivity contribution in [3.8, 4) is 0 Å². The third-order valence-corrected chi connectivity index (χ3v) is 4.99. The molecule has 1 aliphatic rings. The van der Waals surface area contributed by atoms with Gasteiger partial charge in [-0.2, -0.15) is 5.10 Å². The standard InChI is InChI=1S/C18H27N5O2/c1-11(2)14-9-17(25-21-14)19-16(24)10-23-8-6-7-15(23)18-12(3)20-22(5)13(18)4/h9,11,15H,6-8,10H2,1-5H3,(H,19,24)/t15-/m1/s1. The van der Waals surface area contributed by atoms with E-state index in [0.717, 1.165) is 30.8 Å². The maximum absolute atomic E-state index is 12.4. The van der Waals surface area contributed by atoms with Crippen molar-refractivity contribution in [3.63, 3.8) is 0 Å². The molecular formula is C18H27N5O2. The normalized spacial score (nSPS) is 18.2. The van der Waals surface area contributed by atoms with Crippen LogP contribution in [-0.2, 0) is 11.8 Å². The van der Waals surface area contributed by atoms with Crippen LogP contribution in [0.25, 0.3) is 0 Å². The van der Waals surface area contributed by atoms with Gasteiger partial charge in [-0.05, 0) is 39.2 Å². The zero-order chi connectivity index (χ0) is 18.1. The number of aromatic nitrogens is 3. The van der Waals surface area contributed by atoms with Crippen LogP contribution in [0.3, 0.4) is 0 Å². The van der Waals surface area contributed by atoms with Crippen LogP contribution in [-0.4, -0.2) is 38.8 Å². The van der Waals surface area contributed by atoms with Gasteiger partial charge in [0.15, 0.2) is 0 Å². The van der Waals surface area contributed by atoms with Crippen LogP contribution in [0.5, 0.6) is 0 Å². The van der Waals surface area contributed by atoms with E-state index in [1.165, 1.54) is 11.3 Å². The molecular weight excluding hydrogens is 318 g/mol. The second kappa shape index (κ2) is 7.00. The maximum Gasteiger partial charge on any atom is 0.240 e. The Balaban J connectivity index is 1.67. The summed E-state index contributed by atoms with van der Waals surface area (Å²) >= 11 is 0. The first kappa shape index (κ1) is 17.7. The zero-order valence-corrected chi connectivity index (χ0v) is 15.7. The predicted octanol–water partition coefficient (Wildman–Crippen LogP) is 2.92. The van der Waals surface area contributed by atoms with Crippen LogP contribution >= 0.6 is 0 Å². The number of hydrogen-bond donors (Lipinski definition) is 1. The number of aryl methyl sites for hydroxylation is 2. The highest BCUT2D eigenvalue weighted by atomic mass is 16.5. The van der Waals surface area contributed by atoms with E-state index in [1.807, 2.05) is 32.5 Å². The van der Waals surface area contributed by atoms with E-state index in [-0.39, 0.29) is 17.9 Å². The Kier molecular flexibility index (Phi) is 4.94. The first-order chi connectivity index (χ1) is 11.9. The lowest BCUT2D eigenvalue weighted by molar-refractivity contribution is -0.117. The lowest BCUT2D eigenvalue weighted by Gasteiger charge is -2.24. The number of likely N-dealkylation sites (tertiary alicyclic amines) is 1. The van der Waals surface area contributed by atoms with Gasteiger partial charge in [0.1, 0.15) is 0 Å². The van der Waals surface area contributed by atoms with Crippen molar-refractivity contribution in [3.05, 3.63) is 28.7 Å². The minimum atomic E-state index is -0.0717. The Bertz CT molecular complexity index is 762. The largest absolute Gasteiger partial charge is 0.338 e. The molecule has 0 bridgehead atoms. The smallest absolute Gasteiger partial charge is 0.240 e. The highest BCUT2D eigenvalue weighted by Crippen LogP contribution is 2.35. The Morgan fingerprint density at radius 1 is 1.44 bits per heavy atom. The third-order valence-electron chi connectivity index (χ3n) is 4.99. The van der Waals surface area contributed by atoms with E-state index < -0.39 is 0 Å². The summed E-state index contributed by atoms with van der Waals surface area (Å²) in [5, 5.41) is 11.3. The van der Waals surface area contributed by atoms with Gasteiger partial charge in [-0.1, -0.05) is 19.0 Å². The van der Waals surface area contributed by atoms with Crippen LogP contribution in [0.2, 0.25) is 0 Å². The van der Waals surface area contributed by atoms with Crippen molar-refractivity contribution in [2.45, 2.75) is 52.5 Å². The van der Waals surface area contributed by atoms with Crippen LogP contribution in [0, 0.1) is 13.8 Å². The summed E-state index contributed by atoms with van der Waals surface area (Å²) in [4.78, 5) is 14.7. The highest BCUT2D eigenvalue weighted by molar-refractivity contribution is 5.91. The number of rotatable bonds is 5. The second-order valence-corrected chi connectivity index (χ2v) is 7.16. The molecule has 1 atom stereocenters. The van der Waals surface area contributed by atoms with Crippen molar-refractivity contribution in [1.82, 2.24) is 19.8 Å². The van der Waals surface area contributed by atoms with Crippen molar-refractivity contribution in [2.75, 3.05) is 18.4 Å². The summed E-state index contributed by atoms with van der Waals surface area (Å²) in [7, 11) is 1.97. The summed E-state index contributed by atoms with van der Waals surface area (Å²) in [6.07, 6.45) is 2.14. The van der Waals surface area contributed by atoms with E-state index in [0.29, 0.717) is 12.4 Å². The molecule has 0 aromatic carbocycles. The molecule has 2 aromatic rings. The van der Waals surface area contributed by atoms with Crippen molar-refractivity contribution in [1.29, 1.82) is 0 Å². The number of anilines is 1. The second-order valence-electron chi connectivity index (χ2n) is 7.16. The molecule has 136 valence electrons. The van der Waals surface area contributed by atoms with Gasteiger partial charge >= 0.3 is 0 Å². The monoisotopic (exact) mass is 345 g/mol. The van der Waals surface area contributed by atoms with E-state index in [1.54, 1.807) is 6.07 Å². The molecule has 3 heterocycles. The molecule has 25 heavy (non-hydrogen) atoms. The third kappa shape index (κ3) is 3.61. The minimum Gasteiger partial charge on any atom is -0.338 e. The molecule has 7 heteroatoms. The zero-order valence-electron chi connectivity index (χ0n) is 15.7. The molecule has 0 aliphatic carbocycles. The molecule has 0 spiro atoms. The summed E-state index contributed by atoms with van der Waals surface area (Å²) in [6, 6.07) is 2.04. The Labute approximate surface area is 148 Å². The number of amides is 1. The molecule has 1 amide bonds. The fourth-order valence-corrected chi connectivity index (χ4v) is 3.60. The molecule has 1 saturated heterocycles. The number of carbonyl (C=O) groups is 1. The molecule has 0 saturated carbocycles. The van der Waals surface area contributed by atoms with E-state index >= 15 is 0 Å². The number of nitrogens with one attached hydrogen (secondary N) is 1. The summed E-state index contributed by atoms with van der Waals surface area (Å²) in [5.41, 5.74) is 4.33. The van der Waals surface area contributed by atoms with Crippen molar-refractivity contribution >= 4 is 11.8 Å². The van der Waals surface area contributed by atoms with Crippen LogP contribution in [0.4, 0.5) is 5.88 Å². The van der Waals surface area contributed by atoms with Gasteiger partial charge in [-0.3, -0.25) is 19.7 Å². The molecule has 1 aliphatic heterocycles. The first-order valence-corrected chi connectivity index (χ1v) is 8.87. The summed E-state index contributed by atoms with van der Waals surface area (Å²) in [5.74, 6) is 0.615. The minimum absolute atomic E-state index is 0.0717. The molecule has 2 aromatic heterocycles. The van der Waals surface area contributed by atoms with Crippen molar-refractivity contribution in [2.24, 2.45) is 7.05 Å². The predicted molar refractivity (Wildman–Crippen MR) is 95.5 cm³/mol. The van der Waals surface area contributed by atoms with Gasteiger partial charge in [0, 0.05) is 30.4 Å². The van der Waals surface area contributed by atoms with Gasteiger partial charge in [0.05, 0.1) is 17.9 Å². The highest BCUT2D eigenvalue weighted by Gasteiger charge is 2.31. The fraction of sp³-hybridized carbons (Fsp3) is 0.611. The van der Waals surface area contributed by atoms with Gasteiger partial charge in [-0.25, -0.2) is 0 Å². The lowest BCUT2D eigenvalue weighted by Crippen LogP contribution is -2.33. The van der Waals surface area contributed by atoms with Gasteiger partial charge in [-0.15, -0.1) is 0 Å². The fourth-order valence-electron chi connectivity index (χ4n) is 3.60. The van der Waals surface area contributed by atoms with Crippen LogP contribution < -0.4 is 5.32 Å². The van der Waals surface area contributed by atoms with Gasteiger partial charge < -0.3 is 4.52 Å². The average Bonchev–Trinajstić information content (AvgIpc) is 3.22. The quantitative estimate of drug-likeness (QED) is 0.902. The lowest BCUT2D eigenvalue weighted by atomic mass is 10.0. The number of carbonyl (C=O) groups excluding carboxylic acids is 1. The SMILES string of the molecule is Cc1nn(C)c(C)c1[C@H]1CCCN1CC(=O)Nc1cc(C(C)C)no1. The van der Waals surface area contributed by atoms with Gasteiger partial charge in [0.2, 0.25) is 11.8 Å². The number of nitrogens with zero attached hydrogens (tertiary/aromatic N) is 4. The molecule has 3 rings (SSSR count). The molecule has 1 N–H and O–H groups in total. The van der Waals surface area contributed by atoms with Gasteiger partial charge in [0.25, 0.3) is 0 Å². The Hall–Kier alpha value is -2.15. The molecule has 0 radical (unpaired) electrons. The van der Waals surface area contributed by atoms with E-state index in [2.05, 4.69) is 27.4 Å². The average molecular weight is 345 g/mol. The molecule has 1 fully saturated rings. The van der Waals surface area contributed by atoms with Crippen LogP contribution in [0.1, 0.15) is 61.3 Å². The first-order valence-electron chi connectivity index (χ1n) is 8.87. The maximum atomic E-state index is 12.4. The topological polar surface area (TPSA) is 76.2 Å². The van der Waals surface area contributed by atoms with Crippen LogP contribution in [0.15, 0.2) is 10.6 Å². The van der Waals surface area contributed by atoms with Crippen molar-refractivity contribution < 1.29 is 9.32 Å². The summed E-state index contributed by atoms with van der Waals surface area (Å²) < 4.78 is 7.12. The molecule has 7 nitrogen and oxygen atoms in total. The number of hydrogen-bond acceptors (Lipinski definition) is 5. The summed E-state index contributed by atoms with van der Waals surface area (Å²) in [6.45, 7) is 9.47. The van der Waals surface area contributed by atoms with E-state index in [9.17, 15) is 4.79 Å².